The molecule has 2 aliphatic heterocycles. The third-order valence-corrected chi connectivity index (χ3v) is 5.61. The molecule has 2 saturated heterocycles. The first-order valence-electron chi connectivity index (χ1n) is 10.2. The van der Waals surface area contributed by atoms with E-state index >= 15 is 0 Å². The lowest BCUT2D eigenvalue weighted by atomic mass is 10.0. The van der Waals surface area contributed by atoms with Gasteiger partial charge in [-0.1, -0.05) is 23.7 Å². The van der Waals surface area contributed by atoms with Gasteiger partial charge in [-0.3, -0.25) is 9.89 Å². The smallest absolute Gasteiger partial charge is 0.191 e. The number of nitrogens with one attached hydrogen (secondary N) is 2. The summed E-state index contributed by atoms with van der Waals surface area (Å²) in [5.74, 6) is 0.807. The lowest BCUT2D eigenvalue weighted by Crippen LogP contribution is -2.52. The standard InChI is InChI=1S/C21H33ClN4O2.HI/c1-21(2)15-26(10-12-28-21)19(16-6-8-17(22)9-7-16)14-25-20(23-3)24-13-18-5-4-11-27-18;/h6-9,18-19H,4-5,10-15H2,1-3H3,(H2,23,24,25);1H. The van der Waals surface area contributed by atoms with Gasteiger partial charge in [0.1, 0.15) is 0 Å². The van der Waals surface area contributed by atoms with E-state index in [2.05, 4.69) is 46.5 Å². The molecule has 0 aliphatic carbocycles. The molecule has 2 unspecified atom stereocenters. The molecule has 2 fully saturated rings. The van der Waals surface area contributed by atoms with Gasteiger partial charge in [-0.25, -0.2) is 0 Å². The maximum atomic E-state index is 6.11. The van der Waals surface area contributed by atoms with Gasteiger partial charge in [0.15, 0.2) is 5.96 Å². The molecule has 0 aromatic heterocycles. The van der Waals surface area contributed by atoms with Gasteiger partial charge in [-0.05, 0) is 44.4 Å². The monoisotopic (exact) mass is 536 g/mol. The van der Waals surface area contributed by atoms with E-state index in [1.165, 1.54) is 5.56 Å². The van der Waals surface area contributed by atoms with Gasteiger partial charge in [0, 0.05) is 44.9 Å². The Morgan fingerprint density at radius 1 is 1.28 bits per heavy atom. The number of guanidine groups is 1. The van der Waals surface area contributed by atoms with Gasteiger partial charge in [0.05, 0.1) is 24.4 Å². The molecule has 1 aromatic carbocycles. The molecule has 0 bridgehead atoms. The van der Waals surface area contributed by atoms with Gasteiger partial charge in [-0.2, -0.15) is 0 Å². The predicted molar refractivity (Wildman–Crippen MR) is 130 cm³/mol. The molecular formula is C21H34ClIN4O2. The maximum Gasteiger partial charge on any atom is 0.191 e. The zero-order valence-electron chi connectivity index (χ0n) is 17.6. The predicted octanol–water partition coefficient (Wildman–Crippen LogP) is 3.45. The minimum Gasteiger partial charge on any atom is -0.376 e. The third-order valence-electron chi connectivity index (χ3n) is 5.36. The topological polar surface area (TPSA) is 58.1 Å². The fourth-order valence-electron chi connectivity index (χ4n) is 3.89. The highest BCUT2D eigenvalue weighted by molar-refractivity contribution is 14.0. The SMILES string of the molecule is CN=C(NCC1CCCO1)NCC(c1ccc(Cl)cc1)N1CCOC(C)(C)C1.I. The zero-order chi connectivity index (χ0) is 20.0. The molecule has 29 heavy (non-hydrogen) atoms. The average Bonchev–Trinajstić information content (AvgIpc) is 3.18. The summed E-state index contributed by atoms with van der Waals surface area (Å²) in [5, 5.41) is 7.65. The summed E-state index contributed by atoms with van der Waals surface area (Å²) in [6.07, 6.45) is 2.54. The minimum absolute atomic E-state index is 0. The van der Waals surface area contributed by atoms with Crippen LogP contribution in [0, 0.1) is 0 Å². The fourth-order valence-corrected chi connectivity index (χ4v) is 4.02. The van der Waals surface area contributed by atoms with Crippen LogP contribution >= 0.6 is 35.6 Å². The lowest BCUT2D eigenvalue weighted by molar-refractivity contribution is -0.0971. The van der Waals surface area contributed by atoms with Crippen LogP contribution in [0.2, 0.25) is 5.02 Å². The number of rotatable bonds is 6. The quantitative estimate of drug-likeness (QED) is 0.331. The molecule has 2 heterocycles. The third kappa shape index (κ3) is 7.54. The second-order valence-corrected chi connectivity index (χ2v) is 8.55. The van der Waals surface area contributed by atoms with Crippen molar-refractivity contribution in [2.45, 2.75) is 44.4 Å². The normalized spacial score (nSPS) is 23.3. The number of nitrogens with zero attached hydrogens (tertiary/aromatic N) is 2. The summed E-state index contributed by atoms with van der Waals surface area (Å²) < 4.78 is 11.6. The second kappa shape index (κ2) is 11.7. The summed E-state index contributed by atoms with van der Waals surface area (Å²) in [6.45, 7) is 9.22. The maximum absolute atomic E-state index is 6.11. The van der Waals surface area contributed by atoms with E-state index in [1.54, 1.807) is 7.05 Å². The van der Waals surface area contributed by atoms with Crippen molar-refractivity contribution in [1.29, 1.82) is 0 Å². The molecular weight excluding hydrogens is 503 g/mol. The molecule has 0 amide bonds. The molecule has 2 aliphatic rings. The van der Waals surface area contributed by atoms with E-state index in [-0.39, 0.29) is 41.7 Å². The molecule has 3 rings (SSSR count). The Morgan fingerprint density at radius 3 is 2.66 bits per heavy atom. The number of aliphatic imine (C=N–C) groups is 1. The van der Waals surface area contributed by atoms with Crippen LogP contribution < -0.4 is 10.6 Å². The van der Waals surface area contributed by atoms with Gasteiger partial charge in [0.2, 0.25) is 0 Å². The Morgan fingerprint density at radius 2 is 2.03 bits per heavy atom. The highest BCUT2D eigenvalue weighted by Crippen LogP contribution is 2.27. The van der Waals surface area contributed by atoms with Gasteiger partial charge in [-0.15, -0.1) is 24.0 Å². The van der Waals surface area contributed by atoms with Crippen molar-refractivity contribution in [3.05, 3.63) is 34.9 Å². The van der Waals surface area contributed by atoms with Crippen molar-refractivity contribution in [2.24, 2.45) is 4.99 Å². The van der Waals surface area contributed by atoms with Crippen LogP contribution in [0.1, 0.15) is 38.3 Å². The molecule has 1 aromatic rings. The number of benzene rings is 1. The van der Waals surface area contributed by atoms with Crippen molar-refractivity contribution in [3.63, 3.8) is 0 Å². The summed E-state index contributed by atoms with van der Waals surface area (Å²) in [4.78, 5) is 6.86. The number of ether oxygens (including phenoxy) is 2. The molecule has 2 N–H and O–H groups in total. The van der Waals surface area contributed by atoms with E-state index < -0.39 is 0 Å². The van der Waals surface area contributed by atoms with Crippen LogP contribution in [0.3, 0.4) is 0 Å². The molecule has 0 spiro atoms. The number of morpholine rings is 1. The first-order chi connectivity index (χ1) is 13.5. The number of hydrogen-bond donors (Lipinski definition) is 2. The Bertz CT molecular complexity index is 651. The van der Waals surface area contributed by atoms with Crippen molar-refractivity contribution in [1.82, 2.24) is 15.5 Å². The average molecular weight is 537 g/mol. The van der Waals surface area contributed by atoms with Crippen LogP contribution in [-0.2, 0) is 9.47 Å². The minimum atomic E-state index is -0.150. The van der Waals surface area contributed by atoms with E-state index in [1.807, 2.05) is 12.1 Å². The van der Waals surface area contributed by atoms with E-state index in [9.17, 15) is 0 Å². The molecule has 6 nitrogen and oxygen atoms in total. The van der Waals surface area contributed by atoms with Crippen LogP contribution in [0.15, 0.2) is 29.3 Å². The van der Waals surface area contributed by atoms with Crippen LogP contribution in [0.4, 0.5) is 0 Å². The van der Waals surface area contributed by atoms with Gasteiger partial charge in [0.25, 0.3) is 0 Å². The van der Waals surface area contributed by atoms with Gasteiger partial charge >= 0.3 is 0 Å². The second-order valence-electron chi connectivity index (χ2n) is 8.12. The van der Waals surface area contributed by atoms with Crippen LogP contribution in [0.5, 0.6) is 0 Å². The summed E-state index contributed by atoms with van der Waals surface area (Å²) >= 11 is 6.11. The molecule has 2 atom stereocenters. The lowest BCUT2D eigenvalue weighted by Gasteiger charge is -2.42. The van der Waals surface area contributed by atoms with Crippen molar-refractivity contribution >= 4 is 41.5 Å². The molecule has 0 saturated carbocycles. The fraction of sp³-hybridized carbons (Fsp3) is 0.667. The van der Waals surface area contributed by atoms with Crippen LogP contribution in [-0.4, -0.2) is 69.0 Å². The van der Waals surface area contributed by atoms with E-state index in [4.69, 9.17) is 21.1 Å². The van der Waals surface area contributed by atoms with Crippen molar-refractivity contribution < 1.29 is 9.47 Å². The van der Waals surface area contributed by atoms with Crippen LogP contribution in [0.25, 0.3) is 0 Å². The molecule has 8 heteroatoms. The first kappa shape index (κ1) is 24.7. The highest BCUT2D eigenvalue weighted by atomic mass is 127. The number of halogens is 2. The summed E-state index contributed by atoms with van der Waals surface area (Å²) in [6, 6.07) is 8.35. The summed E-state index contributed by atoms with van der Waals surface area (Å²) in [7, 11) is 1.81. The largest absolute Gasteiger partial charge is 0.376 e. The molecule has 0 radical (unpaired) electrons. The Balaban J connectivity index is 0.00000300. The van der Waals surface area contributed by atoms with Crippen molar-refractivity contribution in [2.75, 3.05) is 46.4 Å². The van der Waals surface area contributed by atoms with Gasteiger partial charge < -0.3 is 20.1 Å². The highest BCUT2D eigenvalue weighted by Gasteiger charge is 2.32. The zero-order valence-corrected chi connectivity index (χ0v) is 20.7. The Kier molecular flexibility index (Phi) is 9.94. The number of hydrogen-bond acceptors (Lipinski definition) is 4. The summed E-state index contributed by atoms with van der Waals surface area (Å²) in [5.41, 5.74) is 1.09. The Labute approximate surface area is 196 Å². The Hall–Kier alpha value is -0.610. The van der Waals surface area contributed by atoms with E-state index in [0.717, 1.165) is 63.2 Å². The van der Waals surface area contributed by atoms with Crippen molar-refractivity contribution in [3.8, 4) is 0 Å². The van der Waals surface area contributed by atoms with E-state index in [0.29, 0.717) is 0 Å². The first-order valence-corrected chi connectivity index (χ1v) is 10.5. The molecule has 164 valence electrons.